The molecule has 1 aliphatic rings. The van der Waals surface area contributed by atoms with Crippen molar-refractivity contribution in [3.63, 3.8) is 0 Å². The molecule has 8 heteroatoms. The summed E-state index contributed by atoms with van der Waals surface area (Å²) >= 11 is 7.17. The molecule has 1 aromatic heterocycles. The SMILES string of the molecule is COc1cc(-c2ccc(C(=S)NN3CCN(C)CC3)s2)ccc1O.Cl. The fourth-order valence-corrected chi connectivity index (χ4v) is 3.78. The highest BCUT2D eigenvalue weighted by Gasteiger charge is 2.16. The number of thiocarbonyl (C=S) groups is 1. The fraction of sp³-hybridized carbons (Fsp3) is 0.353. The number of methoxy groups -OCH3 is 1. The minimum atomic E-state index is 0. The van der Waals surface area contributed by atoms with E-state index in [2.05, 4.69) is 22.4 Å². The fourth-order valence-electron chi connectivity index (χ4n) is 2.56. The lowest BCUT2D eigenvalue weighted by atomic mass is 10.1. The Kier molecular flexibility index (Phi) is 7.04. The molecule has 25 heavy (non-hydrogen) atoms. The number of phenols is 1. The van der Waals surface area contributed by atoms with Crippen LogP contribution >= 0.6 is 36.0 Å². The maximum atomic E-state index is 9.71. The van der Waals surface area contributed by atoms with Crippen LogP contribution in [0.3, 0.4) is 0 Å². The van der Waals surface area contributed by atoms with Gasteiger partial charge >= 0.3 is 0 Å². The summed E-state index contributed by atoms with van der Waals surface area (Å²) in [4.78, 5) is 5.18. The third-order valence-corrected chi connectivity index (χ3v) is 5.65. The van der Waals surface area contributed by atoms with E-state index in [9.17, 15) is 5.11 Å². The number of hydrogen-bond donors (Lipinski definition) is 2. The van der Waals surface area contributed by atoms with Gasteiger partial charge < -0.3 is 20.2 Å². The van der Waals surface area contributed by atoms with Crippen LogP contribution in [0.25, 0.3) is 10.4 Å². The van der Waals surface area contributed by atoms with E-state index in [0.717, 1.165) is 46.5 Å². The highest BCUT2D eigenvalue weighted by molar-refractivity contribution is 7.81. The van der Waals surface area contributed by atoms with Crippen LogP contribution < -0.4 is 10.2 Å². The molecule has 1 saturated heterocycles. The maximum Gasteiger partial charge on any atom is 0.161 e. The van der Waals surface area contributed by atoms with Crippen molar-refractivity contribution in [2.75, 3.05) is 40.3 Å². The van der Waals surface area contributed by atoms with E-state index in [1.807, 2.05) is 24.3 Å². The minimum Gasteiger partial charge on any atom is -0.504 e. The van der Waals surface area contributed by atoms with Crippen LogP contribution in [0.4, 0.5) is 0 Å². The second kappa shape index (κ2) is 8.82. The van der Waals surface area contributed by atoms with Gasteiger partial charge in [-0.05, 0) is 42.9 Å². The highest BCUT2D eigenvalue weighted by Crippen LogP contribution is 2.34. The lowest BCUT2D eigenvalue weighted by Crippen LogP contribution is -2.52. The molecule has 136 valence electrons. The summed E-state index contributed by atoms with van der Waals surface area (Å²) in [7, 11) is 3.68. The normalized spacial score (nSPS) is 15.4. The zero-order valence-electron chi connectivity index (χ0n) is 14.2. The standard InChI is InChI=1S/C17H21N3O2S2.ClH/c1-19-7-9-20(10-8-19)18-17(23)16-6-5-15(24-16)12-3-4-13(21)14(11-12)22-2;/h3-6,11,21H,7-10H2,1-2H3,(H,18,23);1H. The predicted molar refractivity (Wildman–Crippen MR) is 109 cm³/mol. The average Bonchev–Trinajstić information content (AvgIpc) is 3.07. The van der Waals surface area contributed by atoms with E-state index < -0.39 is 0 Å². The van der Waals surface area contributed by atoms with Crippen LogP contribution in [0.2, 0.25) is 0 Å². The quantitative estimate of drug-likeness (QED) is 0.771. The van der Waals surface area contributed by atoms with Crippen LogP contribution in [0.5, 0.6) is 11.5 Å². The van der Waals surface area contributed by atoms with Gasteiger partial charge in [-0.2, -0.15) is 0 Å². The highest BCUT2D eigenvalue weighted by atomic mass is 35.5. The van der Waals surface area contributed by atoms with E-state index in [0.29, 0.717) is 5.75 Å². The molecule has 0 bridgehead atoms. The van der Waals surface area contributed by atoms with Crippen molar-refractivity contribution >= 4 is 41.0 Å². The summed E-state index contributed by atoms with van der Waals surface area (Å²) in [6.45, 7) is 4.01. The van der Waals surface area contributed by atoms with Crippen LogP contribution in [0.15, 0.2) is 30.3 Å². The van der Waals surface area contributed by atoms with Gasteiger partial charge in [-0.3, -0.25) is 0 Å². The summed E-state index contributed by atoms with van der Waals surface area (Å²) < 4.78 is 5.18. The van der Waals surface area contributed by atoms with Gasteiger partial charge in [-0.25, -0.2) is 5.01 Å². The van der Waals surface area contributed by atoms with Crippen LogP contribution in [0, 0.1) is 0 Å². The zero-order chi connectivity index (χ0) is 17.1. The number of nitrogens with one attached hydrogen (secondary N) is 1. The van der Waals surface area contributed by atoms with Crippen molar-refractivity contribution in [3.05, 3.63) is 35.2 Å². The number of halogens is 1. The first-order valence-electron chi connectivity index (χ1n) is 7.78. The molecule has 2 N–H and O–H groups in total. The molecule has 0 unspecified atom stereocenters. The Hall–Kier alpha value is -1.38. The number of likely N-dealkylation sites (N-methyl/N-ethyl adjacent to an activating group) is 1. The third kappa shape index (κ3) is 4.83. The number of ether oxygens (including phenoxy) is 1. The number of piperazine rings is 1. The van der Waals surface area contributed by atoms with E-state index in [4.69, 9.17) is 17.0 Å². The molecule has 0 saturated carbocycles. The van der Waals surface area contributed by atoms with Gasteiger partial charge in [0.1, 0.15) is 4.99 Å². The smallest absolute Gasteiger partial charge is 0.161 e. The number of benzene rings is 1. The number of hydrazine groups is 1. The monoisotopic (exact) mass is 399 g/mol. The van der Waals surface area contributed by atoms with Gasteiger partial charge in [0.15, 0.2) is 11.5 Å². The number of nitrogens with zero attached hydrogens (tertiary/aromatic N) is 2. The topological polar surface area (TPSA) is 48.0 Å². The molecule has 0 radical (unpaired) electrons. The Labute approximate surface area is 163 Å². The minimum absolute atomic E-state index is 0. The Morgan fingerprint density at radius 1 is 1.20 bits per heavy atom. The van der Waals surface area contributed by atoms with Crippen molar-refractivity contribution in [3.8, 4) is 21.9 Å². The Bertz CT molecular complexity index is 730. The lowest BCUT2D eigenvalue weighted by molar-refractivity contribution is 0.132. The molecule has 2 heterocycles. The van der Waals surface area contributed by atoms with E-state index in [-0.39, 0.29) is 18.2 Å². The van der Waals surface area contributed by atoms with Gasteiger partial charge in [0, 0.05) is 31.1 Å². The number of hydrogen-bond acceptors (Lipinski definition) is 6. The number of aromatic hydroxyl groups is 1. The summed E-state index contributed by atoms with van der Waals surface area (Å²) in [5.74, 6) is 0.617. The summed E-state index contributed by atoms with van der Waals surface area (Å²) in [5.41, 5.74) is 4.34. The van der Waals surface area contributed by atoms with E-state index in [1.54, 1.807) is 24.5 Å². The molecule has 0 atom stereocenters. The predicted octanol–water partition coefficient (Wildman–Crippen LogP) is 2.98. The summed E-state index contributed by atoms with van der Waals surface area (Å²) in [6.07, 6.45) is 0. The molecule has 1 aromatic carbocycles. The van der Waals surface area contributed by atoms with Crippen molar-refractivity contribution in [2.24, 2.45) is 0 Å². The molecule has 3 rings (SSSR count). The Balaban J connectivity index is 0.00000225. The summed E-state index contributed by atoms with van der Waals surface area (Å²) in [6, 6.07) is 9.44. The maximum absolute atomic E-state index is 9.71. The van der Waals surface area contributed by atoms with Crippen LogP contribution in [0.1, 0.15) is 4.88 Å². The molecule has 0 spiro atoms. The largest absolute Gasteiger partial charge is 0.504 e. The van der Waals surface area contributed by atoms with Crippen molar-refractivity contribution in [2.45, 2.75) is 0 Å². The molecule has 1 aliphatic heterocycles. The van der Waals surface area contributed by atoms with Crippen molar-refractivity contribution < 1.29 is 9.84 Å². The van der Waals surface area contributed by atoms with Crippen LogP contribution in [-0.2, 0) is 0 Å². The number of phenolic OH excluding ortho intramolecular Hbond substituents is 1. The van der Waals surface area contributed by atoms with E-state index in [1.165, 1.54) is 0 Å². The lowest BCUT2D eigenvalue weighted by Gasteiger charge is -2.32. The molecule has 2 aromatic rings. The van der Waals surface area contributed by atoms with Crippen molar-refractivity contribution in [1.29, 1.82) is 0 Å². The third-order valence-electron chi connectivity index (χ3n) is 4.06. The molecular weight excluding hydrogens is 378 g/mol. The Morgan fingerprint density at radius 2 is 1.92 bits per heavy atom. The van der Waals surface area contributed by atoms with Gasteiger partial charge in [0.2, 0.25) is 0 Å². The number of rotatable bonds is 4. The Morgan fingerprint density at radius 3 is 2.60 bits per heavy atom. The van der Waals surface area contributed by atoms with Gasteiger partial charge in [0.05, 0.1) is 12.0 Å². The molecule has 5 nitrogen and oxygen atoms in total. The second-order valence-electron chi connectivity index (χ2n) is 5.78. The zero-order valence-corrected chi connectivity index (χ0v) is 16.6. The second-order valence-corrected chi connectivity index (χ2v) is 7.27. The molecule has 0 aliphatic carbocycles. The van der Waals surface area contributed by atoms with Gasteiger partial charge in [-0.1, -0.05) is 12.2 Å². The molecule has 1 fully saturated rings. The van der Waals surface area contributed by atoms with Crippen LogP contribution in [-0.4, -0.2) is 60.3 Å². The summed E-state index contributed by atoms with van der Waals surface area (Å²) in [5, 5.41) is 11.9. The molecular formula is C17H22ClN3O2S2. The van der Waals surface area contributed by atoms with Crippen molar-refractivity contribution in [1.82, 2.24) is 15.3 Å². The first-order chi connectivity index (χ1) is 11.6. The van der Waals surface area contributed by atoms with E-state index >= 15 is 0 Å². The number of thiophene rings is 1. The van der Waals surface area contributed by atoms with Gasteiger partial charge in [-0.15, -0.1) is 23.7 Å². The van der Waals surface area contributed by atoms with Gasteiger partial charge in [0.25, 0.3) is 0 Å². The first-order valence-corrected chi connectivity index (χ1v) is 9.01. The first kappa shape index (κ1) is 19.9. The molecule has 0 amide bonds. The average molecular weight is 400 g/mol.